The fourth-order valence-corrected chi connectivity index (χ4v) is 6.67. The van der Waals surface area contributed by atoms with E-state index in [0.29, 0.717) is 32.8 Å². The number of amides is 1. The average Bonchev–Trinajstić information content (AvgIpc) is 3.45. The van der Waals surface area contributed by atoms with Crippen molar-refractivity contribution in [2.75, 3.05) is 29.9 Å². The van der Waals surface area contributed by atoms with E-state index in [0.717, 1.165) is 48.9 Å². The van der Waals surface area contributed by atoms with Gasteiger partial charge in [0.1, 0.15) is 16.5 Å². The number of carbonyl (C=O) groups is 1. The molecule has 1 amide bonds. The van der Waals surface area contributed by atoms with E-state index >= 15 is 0 Å². The molecular formula is C25H23ClN8O2S. The molecule has 2 aliphatic heterocycles. The van der Waals surface area contributed by atoms with Gasteiger partial charge in [-0.25, -0.2) is 9.97 Å². The monoisotopic (exact) mass is 534 g/mol. The summed E-state index contributed by atoms with van der Waals surface area (Å²) in [6.45, 7) is 1.68. The topological polar surface area (TPSA) is 135 Å². The summed E-state index contributed by atoms with van der Waals surface area (Å²) in [5.41, 5.74) is 10.7. The second-order valence-corrected chi connectivity index (χ2v) is 11.1. The number of carbonyl (C=O) groups excluding carboxylic acids is 1. The maximum Gasteiger partial charge on any atom is 0.262 e. The van der Waals surface area contributed by atoms with Crippen molar-refractivity contribution in [3.63, 3.8) is 0 Å². The zero-order chi connectivity index (χ0) is 25.1. The lowest BCUT2D eigenvalue weighted by Gasteiger charge is -2.41. The van der Waals surface area contributed by atoms with E-state index in [1.54, 1.807) is 12.3 Å². The number of H-pyrrole nitrogens is 1. The van der Waals surface area contributed by atoms with Gasteiger partial charge in [0.2, 0.25) is 5.95 Å². The number of aromatic nitrogens is 5. The van der Waals surface area contributed by atoms with Gasteiger partial charge in [-0.2, -0.15) is 4.98 Å². The SMILES string of the molecule is N[C@@H]1c2cccnc2CC12CCN(c1nc3ncc(Sc4ccc5c(c4Cl)NC(=O)CO5)nc3[nH]1)CC2. The summed E-state index contributed by atoms with van der Waals surface area (Å²) in [6, 6.07) is 7.74. The number of nitrogens with one attached hydrogen (secondary N) is 2. The van der Waals surface area contributed by atoms with E-state index in [1.165, 1.54) is 17.3 Å². The van der Waals surface area contributed by atoms with Crippen LogP contribution in [-0.4, -0.2) is 50.5 Å². The van der Waals surface area contributed by atoms with Crippen molar-refractivity contribution >= 4 is 52.2 Å². The summed E-state index contributed by atoms with van der Waals surface area (Å²) >= 11 is 7.91. The fraction of sp³-hybridized carbons (Fsp3) is 0.320. The maximum absolute atomic E-state index is 11.7. The van der Waals surface area contributed by atoms with Crippen LogP contribution in [0.1, 0.15) is 30.1 Å². The molecule has 3 aromatic heterocycles. The molecule has 10 nitrogen and oxygen atoms in total. The number of halogens is 1. The van der Waals surface area contributed by atoms with Crippen LogP contribution in [0.3, 0.4) is 0 Å². The lowest BCUT2D eigenvalue weighted by Crippen LogP contribution is -2.44. The molecular weight excluding hydrogens is 512 g/mol. The van der Waals surface area contributed by atoms with Crippen LogP contribution in [0, 0.1) is 5.41 Å². The van der Waals surface area contributed by atoms with Gasteiger partial charge in [0, 0.05) is 35.9 Å². The van der Waals surface area contributed by atoms with Crippen LogP contribution < -0.4 is 20.7 Å². The lowest BCUT2D eigenvalue weighted by molar-refractivity contribution is -0.118. The van der Waals surface area contributed by atoms with Gasteiger partial charge in [-0.1, -0.05) is 29.4 Å². The summed E-state index contributed by atoms with van der Waals surface area (Å²) in [7, 11) is 0. The summed E-state index contributed by atoms with van der Waals surface area (Å²) in [5.74, 6) is 1.08. The van der Waals surface area contributed by atoms with Crippen molar-refractivity contribution in [1.29, 1.82) is 0 Å². The minimum Gasteiger partial charge on any atom is -0.482 e. The molecule has 1 aliphatic carbocycles. The van der Waals surface area contributed by atoms with E-state index in [1.807, 2.05) is 18.3 Å². The minimum absolute atomic E-state index is 0.0181. The summed E-state index contributed by atoms with van der Waals surface area (Å²) in [4.78, 5) is 36.5. The first-order chi connectivity index (χ1) is 18.0. The number of nitrogens with zero attached hydrogens (tertiary/aromatic N) is 5. The van der Waals surface area contributed by atoms with Gasteiger partial charge in [0.05, 0.1) is 11.2 Å². The molecule has 0 unspecified atom stereocenters. The second kappa shape index (κ2) is 8.57. The van der Waals surface area contributed by atoms with E-state index in [-0.39, 0.29) is 24.0 Å². The van der Waals surface area contributed by atoms with Crippen molar-refractivity contribution in [1.82, 2.24) is 24.9 Å². The first-order valence-corrected chi connectivity index (χ1v) is 13.3. The van der Waals surface area contributed by atoms with Crippen molar-refractivity contribution in [2.45, 2.75) is 35.2 Å². The highest BCUT2D eigenvalue weighted by atomic mass is 35.5. The van der Waals surface area contributed by atoms with Crippen molar-refractivity contribution in [2.24, 2.45) is 11.1 Å². The minimum atomic E-state index is -0.234. The molecule has 5 heterocycles. The third kappa shape index (κ3) is 3.80. The number of hydrogen-bond donors (Lipinski definition) is 3. The first-order valence-electron chi connectivity index (χ1n) is 12.1. The quantitative estimate of drug-likeness (QED) is 0.359. The fourth-order valence-electron chi connectivity index (χ4n) is 5.56. The van der Waals surface area contributed by atoms with Crippen molar-refractivity contribution in [3.05, 3.63) is 52.9 Å². The number of fused-ring (bicyclic) bond motifs is 3. The number of rotatable bonds is 3. The van der Waals surface area contributed by atoms with Gasteiger partial charge in [-0.15, -0.1) is 0 Å². The highest BCUT2D eigenvalue weighted by Crippen LogP contribution is 2.50. The number of imidazole rings is 1. The van der Waals surface area contributed by atoms with E-state index in [9.17, 15) is 4.79 Å². The van der Waals surface area contributed by atoms with Crippen molar-refractivity contribution < 1.29 is 9.53 Å². The Hall–Kier alpha value is -3.41. The van der Waals surface area contributed by atoms with Gasteiger partial charge in [-0.05, 0) is 48.4 Å². The van der Waals surface area contributed by atoms with Gasteiger partial charge in [0.25, 0.3) is 5.91 Å². The van der Waals surface area contributed by atoms with Crippen LogP contribution in [0.5, 0.6) is 5.75 Å². The number of ether oxygens (including phenoxy) is 1. The molecule has 12 heteroatoms. The van der Waals surface area contributed by atoms with Crippen LogP contribution in [0.15, 0.2) is 46.6 Å². The number of nitrogens with two attached hydrogens (primary N) is 1. The van der Waals surface area contributed by atoms with Crippen LogP contribution in [0.25, 0.3) is 11.3 Å². The van der Waals surface area contributed by atoms with Crippen LogP contribution >= 0.6 is 23.4 Å². The summed E-state index contributed by atoms with van der Waals surface area (Å²) in [5, 5.41) is 3.84. The Balaban J connectivity index is 1.08. The molecule has 1 fully saturated rings. The normalized spacial score (nSPS) is 20.0. The van der Waals surface area contributed by atoms with E-state index in [4.69, 9.17) is 32.0 Å². The van der Waals surface area contributed by atoms with Crippen LogP contribution in [0.2, 0.25) is 5.02 Å². The largest absolute Gasteiger partial charge is 0.482 e. The molecule has 4 aromatic rings. The Morgan fingerprint density at radius 3 is 2.89 bits per heavy atom. The molecule has 188 valence electrons. The highest BCUT2D eigenvalue weighted by molar-refractivity contribution is 7.99. The Morgan fingerprint density at radius 2 is 2.05 bits per heavy atom. The highest BCUT2D eigenvalue weighted by Gasteiger charge is 2.46. The molecule has 7 rings (SSSR count). The number of aromatic amines is 1. The van der Waals surface area contributed by atoms with Gasteiger partial charge in [-0.3, -0.25) is 9.78 Å². The smallest absolute Gasteiger partial charge is 0.262 e. The summed E-state index contributed by atoms with van der Waals surface area (Å²) in [6.07, 6.45) is 6.41. The van der Waals surface area contributed by atoms with Crippen LogP contribution in [0.4, 0.5) is 11.6 Å². The molecule has 0 saturated carbocycles. The van der Waals surface area contributed by atoms with E-state index < -0.39 is 0 Å². The number of pyridine rings is 1. The van der Waals surface area contributed by atoms with Crippen LogP contribution in [-0.2, 0) is 11.2 Å². The maximum atomic E-state index is 11.7. The van der Waals surface area contributed by atoms with Gasteiger partial charge in [0.15, 0.2) is 17.9 Å². The molecule has 0 radical (unpaired) electrons. The van der Waals surface area contributed by atoms with Gasteiger partial charge >= 0.3 is 0 Å². The number of hydrogen-bond acceptors (Lipinski definition) is 9. The molecule has 0 bridgehead atoms. The van der Waals surface area contributed by atoms with Gasteiger partial charge < -0.3 is 25.7 Å². The molecule has 3 aliphatic rings. The molecule has 1 spiro atoms. The number of piperidine rings is 1. The van der Waals surface area contributed by atoms with Crippen molar-refractivity contribution in [3.8, 4) is 5.75 Å². The predicted molar refractivity (Wildman–Crippen MR) is 140 cm³/mol. The predicted octanol–water partition coefficient (Wildman–Crippen LogP) is 3.73. The Morgan fingerprint density at radius 1 is 1.19 bits per heavy atom. The third-order valence-corrected chi connectivity index (χ3v) is 9.05. The Labute approximate surface area is 221 Å². The molecule has 1 atom stereocenters. The molecule has 37 heavy (non-hydrogen) atoms. The lowest BCUT2D eigenvalue weighted by atomic mass is 9.73. The number of benzene rings is 1. The molecule has 4 N–H and O–H groups in total. The summed E-state index contributed by atoms with van der Waals surface area (Å²) < 4.78 is 5.43. The zero-order valence-electron chi connectivity index (χ0n) is 19.7. The number of anilines is 2. The third-order valence-electron chi connectivity index (χ3n) is 7.58. The second-order valence-electron chi connectivity index (χ2n) is 9.67. The molecule has 1 saturated heterocycles. The van der Waals surface area contributed by atoms with E-state index in [2.05, 4.69) is 31.2 Å². The standard InChI is InChI=1S/C25H23ClN8O2S/c26-19-16(4-3-15-20(19)30-17(35)12-36-15)37-18-11-29-22-23(31-18)33-24(32-22)34-8-5-25(6-9-34)10-14-13(21(25)27)2-1-7-28-14/h1-4,7,11,21H,5-6,8-10,12,27H2,(H,30,35)(H,29,31,32,33)/t21-/m1/s1. The zero-order valence-corrected chi connectivity index (χ0v) is 21.3. The molecule has 1 aromatic carbocycles. The first kappa shape index (κ1) is 22.8. The Bertz CT molecular complexity index is 1550. The average molecular weight is 535 g/mol. The Kier molecular flexibility index (Phi) is 5.27.